The van der Waals surface area contributed by atoms with Crippen LogP contribution in [0.4, 0.5) is 0 Å². The van der Waals surface area contributed by atoms with Crippen molar-refractivity contribution in [3.8, 4) is 6.19 Å². The average molecular weight is 455 g/mol. The summed E-state index contributed by atoms with van der Waals surface area (Å²) >= 11 is 12.3. The third-order valence-electron chi connectivity index (χ3n) is 5.29. The number of hydrogen-bond acceptors (Lipinski definition) is 4. The van der Waals surface area contributed by atoms with Crippen molar-refractivity contribution >= 4 is 40.8 Å². The van der Waals surface area contributed by atoms with Gasteiger partial charge in [0, 0.05) is 28.6 Å². The van der Waals surface area contributed by atoms with Gasteiger partial charge >= 0.3 is 0 Å². The molecule has 0 bridgehead atoms. The molecule has 0 saturated carbocycles. The molecule has 0 spiro atoms. The molecule has 4 rings (SSSR count). The zero-order valence-corrected chi connectivity index (χ0v) is 18.1. The summed E-state index contributed by atoms with van der Waals surface area (Å²) in [5.74, 6) is 0.416. The van der Waals surface area contributed by atoms with E-state index in [9.17, 15) is 10.1 Å². The Labute approximate surface area is 190 Å². The van der Waals surface area contributed by atoms with Gasteiger partial charge in [0.1, 0.15) is 0 Å². The molecule has 31 heavy (non-hydrogen) atoms. The molecule has 0 aromatic heterocycles. The quantitative estimate of drug-likeness (QED) is 0.330. The fourth-order valence-corrected chi connectivity index (χ4v) is 4.08. The summed E-state index contributed by atoms with van der Waals surface area (Å²) in [6.07, 6.45) is 3.29. The standard InChI is InChI=1S/C22H20Cl2N6O/c23-17-9-7-15(8-10-17)21-19(29-11-3-6-20(29)31)13-30(28-21)22(27-14-25)26-12-16-4-1-2-5-18(16)24/h1-2,4-5,7-10,19H,3,6,11-13H2,(H,26,27). The zero-order chi connectivity index (χ0) is 21.8. The van der Waals surface area contributed by atoms with Crippen molar-refractivity contribution < 1.29 is 4.79 Å². The van der Waals surface area contributed by atoms with Gasteiger partial charge in [-0.3, -0.25) is 10.1 Å². The molecule has 7 nitrogen and oxygen atoms in total. The SMILES string of the molecule is N#CNC(=NCc1ccccc1Cl)N1CC(N2CCCC2=O)C(c2ccc(Cl)cc2)=N1. The Hall–Kier alpha value is -3.08. The lowest BCUT2D eigenvalue weighted by atomic mass is 10.0. The van der Waals surface area contributed by atoms with E-state index in [1.165, 1.54) is 0 Å². The normalized spacial score (nSPS) is 18.9. The van der Waals surface area contributed by atoms with Gasteiger partial charge in [-0.2, -0.15) is 10.4 Å². The maximum Gasteiger partial charge on any atom is 0.228 e. The maximum atomic E-state index is 12.5. The average Bonchev–Trinajstić information content (AvgIpc) is 3.39. The van der Waals surface area contributed by atoms with Crippen LogP contribution in [0.2, 0.25) is 10.0 Å². The molecule has 1 atom stereocenters. The molecule has 0 aliphatic carbocycles. The topological polar surface area (TPSA) is 84.1 Å². The predicted octanol–water partition coefficient (Wildman–Crippen LogP) is 3.63. The van der Waals surface area contributed by atoms with Gasteiger partial charge in [0.05, 0.1) is 24.8 Å². The second-order valence-electron chi connectivity index (χ2n) is 7.25. The number of hydrogen-bond donors (Lipinski definition) is 1. The summed E-state index contributed by atoms with van der Waals surface area (Å²) in [5.41, 5.74) is 2.46. The van der Waals surface area contributed by atoms with Crippen molar-refractivity contribution in [2.24, 2.45) is 10.1 Å². The van der Waals surface area contributed by atoms with Crippen molar-refractivity contribution in [2.45, 2.75) is 25.4 Å². The molecule has 1 saturated heterocycles. The Morgan fingerprint density at radius 2 is 2.00 bits per heavy atom. The number of amides is 1. The minimum Gasteiger partial charge on any atom is -0.332 e. The summed E-state index contributed by atoms with van der Waals surface area (Å²) in [6, 6.07) is 14.5. The first-order valence-corrected chi connectivity index (χ1v) is 10.7. The van der Waals surface area contributed by atoms with Crippen LogP contribution in [-0.2, 0) is 11.3 Å². The van der Waals surface area contributed by atoms with Crippen molar-refractivity contribution in [3.63, 3.8) is 0 Å². The van der Waals surface area contributed by atoms with Crippen LogP contribution in [-0.4, -0.2) is 46.6 Å². The molecule has 158 valence electrons. The van der Waals surface area contributed by atoms with Gasteiger partial charge in [-0.15, -0.1) is 0 Å². The predicted molar refractivity (Wildman–Crippen MR) is 121 cm³/mol. The number of rotatable bonds is 4. The molecule has 1 fully saturated rings. The van der Waals surface area contributed by atoms with E-state index in [0.29, 0.717) is 42.1 Å². The van der Waals surface area contributed by atoms with Gasteiger partial charge < -0.3 is 4.90 Å². The molecule has 2 aliphatic heterocycles. The highest BCUT2D eigenvalue weighted by molar-refractivity contribution is 6.31. The molecule has 2 aromatic carbocycles. The van der Waals surface area contributed by atoms with E-state index in [1.54, 1.807) is 23.2 Å². The van der Waals surface area contributed by atoms with Gasteiger partial charge in [-0.05, 0) is 30.2 Å². The van der Waals surface area contributed by atoms with Gasteiger partial charge in [-0.1, -0.05) is 53.5 Å². The lowest BCUT2D eigenvalue weighted by molar-refractivity contribution is -0.128. The Bertz CT molecular complexity index is 1080. The van der Waals surface area contributed by atoms with Crippen LogP contribution in [0.5, 0.6) is 0 Å². The first-order valence-electron chi connectivity index (χ1n) is 9.91. The minimum atomic E-state index is -0.234. The number of carbonyl (C=O) groups is 1. The summed E-state index contributed by atoms with van der Waals surface area (Å²) < 4.78 is 0. The zero-order valence-electron chi connectivity index (χ0n) is 16.6. The van der Waals surface area contributed by atoms with Crippen molar-refractivity contribution in [2.75, 3.05) is 13.1 Å². The van der Waals surface area contributed by atoms with Crippen molar-refractivity contribution in [3.05, 3.63) is 69.7 Å². The van der Waals surface area contributed by atoms with E-state index < -0.39 is 0 Å². The van der Waals surface area contributed by atoms with Gasteiger partial charge in [-0.25, -0.2) is 10.0 Å². The summed E-state index contributed by atoms with van der Waals surface area (Å²) in [4.78, 5) is 18.9. The number of hydrazone groups is 1. The number of nitrogens with zero attached hydrogens (tertiary/aromatic N) is 5. The van der Waals surface area contributed by atoms with Gasteiger partial charge in [0.15, 0.2) is 6.19 Å². The number of nitriles is 1. The highest BCUT2D eigenvalue weighted by atomic mass is 35.5. The summed E-state index contributed by atoms with van der Waals surface area (Å²) in [5, 5.41) is 19.5. The number of aliphatic imine (C=N–C) groups is 1. The minimum absolute atomic E-state index is 0.108. The van der Waals surface area contributed by atoms with E-state index in [4.69, 9.17) is 28.3 Å². The van der Waals surface area contributed by atoms with E-state index in [1.807, 2.05) is 41.4 Å². The number of likely N-dealkylation sites (tertiary alicyclic amines) is 1. The summed E-state index contributed by atoms with van der Waals surface area (Å²) in [6.45, 7) is 1.38. The molecule has 2 aromatic rings. The second-order valence-corrected chi connectivity index (χ2v) is 8.09. The van der Waals surface area contributed by atoms with Crippen LogP contribution in [0.3, 0.4) is 0 Å². The number of carbonyl (C=O) groups excluding carboxylic acids is 1. The van der Waals surface area contributed by atoms with Crippen LogP contribution >= 0.6 is 23.2 Å². The van der Waals surface area contributed by atoms with Crippen LogP contribution in [0, 0.1) is 11.5 Å². The van der Waals surface area contributed by atoms with E-state index in [0.717, 1.165) is 23.3 Å². The lowest BCUT2D eigenvalue weighted by Gasteiger charge is -2.25. The first kappa shape index (κ1) is 21.2. The van der Waals surface area contributed by atoms with E-state index in [2.05, 4.69) is 10.3 Å². The molecule has 9 heteroatoms. The third-order valence-corrected chi connectivity index (χ3v) is 5.91. The summed E-state index contributed by atoms with van der Waals surface area (Å²) in [7, 11) is 0. The van der Waals surface area contributed by atoms with Crippen LogP contribution in [0.15, 0.2) is 58.6 Å². The molecule has 1 unspecified atom stereocenters. The molecule has 1 amide bonds. The van der Waals surface area contributed by atoms with Gasteiger partial charge in [0.2, 0.25) is 11.9 Å². The van der Waals surface area contributed by atoms with Crippen molar-refractivity contribution in [1.82, 2.24) is 15.2 Å². The molecular weight excluding hydrogens is 435 g/mol. The van der Waals surface area contributed by atoms with Crippen LogP contribution in [0.25, 0.3) is 0 Å². The van der Waals surface area contributed by atoms with E-state index >= 15 is 0 Å². The molecule has 0 radical (unpaired) electrons. The smallest absolute Gasteiger partial charge is 0.228 e. The maximum absolute atomic E-state index is 12.5. The molecular formula is C22H20Cl2N6O. The third kappa shape index (κ3) is 4.66. The van der Waals surface area contributed by atoms with Crippen LogP contribution < -0.4 is 5.32 Å². The number of guanidine groups is 1. The molecule has 1 N–H and O–H groups in total. The number of nitrogens with one attached hydrogen (secondary N) is 1. The Morgan fingerprint density at radius 1 is 1.23 bits per heavy atom. The molecule has 2 heterocycles. The highest BCUT2D eigenvalue weighted by Crippen LogP contribution is 2.25. The Morgan fingerprint density at radius 3 is 2.68 bits per heavy atom. The van der Waals surface area contributed by atoms with E-state index in [-0.39, 0.29) is 11.9 Å². The fourth-order valence-electron chi connectivity index (χ4n) is 3.76. The highest BCUT2D eigenvalue weighted by Gasteiger charge is 2.38. The Kier molecular flexibility index (Phi) is 6.40. The number of benzene rings is 2. The first-order chi connectivity index (χ1) is 15.1. The lowest BCUT2D eigenvalue weighted by Crippen LogP contribution is -2.45. The largest absolute Gasteiger partial charge is 0.332 e. The fraction of sp³-hybridized carbons (Fsp3) is 0.273. The molecule has 2 aliphatic rings. The number of halogens is 2. The van der Waals surface area contributed by atoms with Crippen LogP contribution in [0.1, 0.15) is 24.0 Å². The van der Waals surface area contributed by atoms with Gasteiger partial charge in [0.25, 0.3) is 0 Å². The Balaban J connectivity index is 1.66. The van der Waals surface area contributed by atoms with Crippen molar-refractivity contribution in [1.29, 1.82) is 5.26 Å². The second kappa shape index (κ2) is 9.38. The monoisotopic (exact) mass is 454 g/mol.